The summed E-state index contributed by atoms with van der Waals surface area (Å²) in [6, 6.07) is 5.64. The number of carbonyl (C=O) groups excluding carboxylic acids is 3. The number of likely N-dealkylation sites (tertiary alicyclic amines) is 2. The predicted molar refractivity (Wildman–Crippen MR) is 108 cm³/mol. The van der Waals surface area contributed by atoms with Crippen molar-refractivity contribution in [2.24, 2.45) is 5.92 Å². The molecule has 1 unspecified atom stereocenters. The Labute approximate surface area is 169 Å². The zero-order valence-corrected chi connectivity index (χ0v) is 16.9. The Kier molecular flexibility index (Phi) is 5.25. The Morgan fingerprint density at radius 3 is 2.69 bits per heavy atom. The molecule has 8 heteroatoms. The molecule has 2 fully saturated rings. The van der Waals surface area contributed by atoms with Crippen LogP contribution in [0.25, 0.3) is 11.0 Å². The maximum absolute atomic E-state index is 12.8. The standard InChI is InChI=1S/C21H27N5O3/c1-13(2)26-11-15(10-19(26)27)20(28)24-16-5-7-25(8-6-16)21(29)14-3-4-17-18(9-14)23-12-22-17/h3-4,9,12-13,15-16H,5-8,10-11H2,1-2H3,(H,22,23)(H,24,28). The van der Waals surface area contributed by atoms with E-state index in [-0.39, 0.29) is 42.1 Å². The van der Waals surface area contributed by atoms with Crippen molar-refractivity contribution in [3.63, 3.8) is 0 Å². The van der Waals surface area contributed by atoms with E-state index in [4.69, 9.17) is 0 Å². The van der Waals surface area contributed by atoms with Gasteiger partial charge in [-0.2, -0.15) is 0 Å². The molecule has 2 N–H and O–H groups in total. The molecule has 1 atom stereocenters. The van der Waals surface area contributed by atoms with Gasteiger partial charge in [0.25, 0.3) is 5.91 Å². The largest absolute Gasteiger partial charge is 0.353 e. The highest BCUT2D eigenvalue weighted by atomic mass is 16.2. The molecule has 1 aromatic carbocycles. The summed E-state index contributed by atoms with van der Waals surface area (Å²) in [5, 5.41) is 3.09. The summed E-state index contributed by atoms with van der Waals surface area (Å²) in [6.45, 7) is 5.64. The first-order valence-electron chi connectivity index (χ1n) is 10.2. The maximum atomic E-state index is 12.8. The minimum Gasteiger partial charge on any atom is -0.353 e. The van der Waals surface area contributed by atoms with Gasteiger partial charge in [0.1, 0.15) is 0 Å². The lowest BCUT2D eigenvalue weighted by molar-refractivity contribution is -0.130. The molecular formula is C21H27N5O3. The summed E-state index contributed by atoms with van der Waals surface area (Å²) in [6.07, 6.45) is 3.35. The number of imidazole rings is 1. The molecule has 2 saturated heterocycles. The molecule has 29 heavy (non-hydrogen) atoms. The van der Waals surface area contributed by atoms with Gasteiger partial charge < -0.3 is 20.1 Å². The van der Waals surface area contributed by atoms with Gasteiger partial charge >= 0.3 is 0 Å². The Morgan fingerprint density at radius 1 is 1.24 bits per heavy atom. The predicted octanol–water partition coefficient (Wildman–Crippen LogP) is 1.54. The van der Waals surface area contributed by atoms with Crippen molar-refractivity contribution in [2.75, 3.05) is 19.6 Å². The summed E-state index contributed by atoms with van der Waals surface area (Å²) < 4.78 is 0. The Bertz CT molecular complexity index is 929. The molecule has 8 nitrogen and oxygen atoms in total. The van der Waals surface area contributed by atoms with Gasteiger partial charge in [-0.05, 0) is 44.9 Å². The van der Waals surface area contributed by atoms with Gasteiger partial charge in [-0.25, -0.2) is 4.98 Å². The van der Waals surface area contributed by atoms with Crippen molar-refractivity contribution in [1.82, 2.24) is 25.1 Å². The van der Waals surface area contributed by atoms with Gasteiger partial charge in [0.2, 0.25) is 11.8 Å². The Balaban J connectivity index is 1.29. The SMILES string of the molecule is CC(C)N1CC(C(=O)NC2CCN(C(=O)c3ccc4nc[nH]c4c3)CC2)CC1=O. The van der Waals surface area contributed by atoms with E-state index in [1.807, 2.05) is 30.9 Å². The molecule has 4 rings (SSSR count). The Hall–Kier alpha value is -2.90. The molecule has 3 amide bonds. The van der Waals surface area contributed by atoms with Crippen molar-refractivity contribution in [1.29, 1.82) is 0 Å². The zero-order chi connectivity index (χ0) is 20.5. The number of aromatic amines is 1. The number of fused-ring (bicyclic) bond motifs is 1. The van der Waals surface area contributed by atoms with Gasteiger partial charge in [0.15, 0.2) is 0 Å². The van der Waals surface area contributed by atoms with E-state index in [9.17, 15) is 14.4 Å². The number of nitrogens with one attached hydrogen (secondary N) is 2. The molecule has 2 aliphatic rings. The smallest absolute Gasteiger partial charge is 0.253 e. The minimum atomic E-state index is -0.273. The fourth-order valence-corrected chi connectivity index (χ4v) is 4.20. The topological polar surface area (TPSA) is 98.4 Å². The van der Waals surface area contributed by atoms with Crippen LogP contribution >= 0.6 is 0 Å². The normalized spacial score (nSPS) is 20.7. The van der Waals surface area contributed by atoms with Crippen LogP contribution < -0.4 is 5.32 Å². The fourth-order valence-electron chi connectivity index (χ4n) is 4.20. The van der Waals surface area contributed by atoms with E-state index in [1.54, 1.807) is 17.3 Å². The minimum absolute atomic E-state index is 0.000223. The average Bonchev–Trinajstić information content (AvgIpc) is 3.33. The molecule has 0 aliphatic carbocycles. The van der Waals surface area contributed by atoms with Crippen molar-refractivity contribution in [3.8, 4) is 0 Å². The maximum Gasteiger partial charge on any atom is 0.253 e. The number of rotatable bonds is 4. The number of aromatic nitrogens is 2. The van der Waals surface area contributed by atoms with E-state index in [0.29, 0.717) is 25.2 Å². The van der Waals surface area contributed by atoms with Crippen molar-refractivity contribution in [3.05, 3.63) is 30.1 Å². The monoisotopic (exact) mass is 397 g/mol. The highest BCUT2D eigenvalue weighted by Gasteiger charge is 2.36. The average molecular weight is 397 g/mol. The lowest BCUT2D eigenvalue weighted by atomic mass is 10.0. The van der Waals surface area contributed by atoms with Crippen LogP contribution in [0.1, 0.15) is 43.5 Å². The first kappa shape index (κ1) is 19.4. The molecule has 2 aliphatic heterocycles. The van der Waals surface area contributed by atoms with Crippen LogP contribution in [0.4, 0.5) is 0 Å². The quantitative estimate of drug-likeness (QED) is 0.818. The van der Waals surface area contributed by atoms with Crippen LogP contribution in [0.3, 0.4) is 0 Å². The summed E-state index contributed by atoms with van der Waals surface area (Å²) in [7, 11) is 0. The van der Waals surface area contributed by atoms with Crippen LogP contribution in [-0.2, 0) is 9.59 Å². The molecule has 2 aromatic rings. The number of H-pyrrole nitrogens is 1. The number of hydrogen-bond acceptors (Lipinski definition) is 4. The molecule has 1 aromatic heterocycles. The van der Waals surface area contributed by atoms with E-state index >= 15 is 0 Å². The molecule has 0 saturated carbocycles. The fraction of sp³-hybridized carbons (Fsp3) is 0.524. The van der Waals surface area contributed by atoms with Gasteiger partial charge in [0.05, 0.1) is 23.3 Å². The lowest BCUT2D eigenvalue weighted by Gasteiger charge is -2.33. The number of amides is 3. The number of hydrogen-bond donors (Lipinski definition) is 2. The second kappa shape index (κ2) is 7.85. The summed E-state index contributed by atoms with van der Waals surface area (Å²) >= 11 is 0. The summed E-state index contributed by atoms with van der Waals surface area (Å²) in [5.41, 5.74) is 2.33. The summed E-state index contributed by atoms with van der Waals surface area (Å²) in [5.74, 6) is -0.267. The van der Waals surface area contributed by atoms with Crippen molar-refractivity contribution < 1.29 is 14.4 Å². The third-order valence-electron chi connectivity index (χ3n) is 5.95. The van der Waals surface area contributed by atoms with E-state index in [1.165, 1.54) is 0 Å². The number of piperidine rings is 1. The van der Waals surface area contributed by atoms with Crippen molar-refractivity contribution in [2.45, 2.75) is 45.2 Å². The first-order chi connectivity index (χ1) is 13.9. The second-order valence-electron chi connectivity index (χ2n) is 8.25. The van der Waals surface area contributed by atoms with Crippen LogP contribution in [0, 0.1) is 5.92 Å². The highest BCUT2D eigenvalue weighted by Crippen LogP contribution is 2.22. The van der Waals surface area contributed by atoms with Gasteiger partial charge in [-0.15, -0.1) is 0 Å². The second-order valence-corrected chi connectivity index (χ2v) is 8.25. The van der Waals surface area contributed by atoms with E-state index < -0.39 is 0 Å². The molecular weight excluding hydrogens is 370 g/mol. The Morgan fingerprint density at radius 2 is 2.00 bits per heavy atom. The van der Waals surface area contributed by atoms with E-state index in [2.05, 4.69) is 15.3 Å². The zero-order valence-electron chi connectivity index (χ0n) is 16.9. The van der Waals surface area contributed by atoms with Crippen molar-refractivity contribution >= 4 is 28.8 Å². The van der Waals surface area contributed by atoms with Crippen LogP contribution in [0.5, 0.6) is 0 Å². The summed E-state index contributed by atoms with van der Waals surface area (Å²) in [4.78, 5) is 48.2. The van der Waals surface area contributed by atoms with Gasteiger partial charge in [-0.1, -0.05) is 0 Å². The number of benzene rings is 1. The molecule has 0 bridgehead atoms. The number of nitrogens with zero attached hydrogens (tertiary/aromatic N) is 3. The number of carbonyl (C=O) groups is 3. The van der Waals surface area contributed by atoms with Gasteiger partial charge in [-0.3, -0.25) is 14.4 Å². The van der Waals surface area contributed by atoms with Crippen LogP contribution in [-0.4, -0.2) is 69.2 Å². The lowest BCUT2D eigenvalue weighted by Crippen LogP contribution is -2.48. The molecule has 3 heterocycles. The third kappa shape index (κ3) is 3.97. The van der Waals surface area contributed by atoms with Crippen LogP contribution in [0.2, 0.25) is 0 Å². The van der Waals surface area contributed by atoms with E-state index in [0.717, 1.165) is 23.9 Å². The van der Waals surface area contributed by atoms with Crippen LogP contribution in [0.15, 0.2) is 24.5 Å². The first-order valence-corrected chi connectivity index (χ1v) is 10.2. The third-order valence-corrected chi connectivity index (χ3v) is 5.95. The highest BCUT2D eigenvalue weighted by molar-refractivity contribution is 5.97. The molecule has 0 radical (unpaired) electrons. The molecule has 0 spiro atoms. The molecule has 154 valence electrons. The van der Waals surface area contributed by atoms with Gasteiger partial charge in [0, 0.05) is 43.7 Å².